The molecule has 5 aromatic rings. The standard InChI is InChI=1S/C36H35NO7/c1-23(2)43-28-14-16-29(17-15-28)44-30-18-19-32-31(20-30)35(36(39)41-5)33(21-34(38)40-4)37(32)26-10-12-27(13-11-26)42-22-25-8-6-24(3)7-9-25/h6-20,23H,21-22H2,1-5H3. The molecule has 226 valence electrons. The van der Waals surface area contributed by atoms with Gasteiger partial charge in [0.25, 0.3) is 0 Å². The van der Waals surface area contributed by atoms with Crippen molar-refractivity contribution in [3.8, 4) is 28.7 Å². The van der Waals surface area contributed by atoms with Crippen molar-refractivity contribution < 1.29 is 33.3 Å². The number of benzene rings is 4. The third-order valence-electron chi connectivity index (χ3n) is 7.02. The Kier molecular flexibility index (Phi) is 9.19. The van der Waals surface area contributed by atoms with Crippen LogP contribution in [0.3, 0.4) is 0 Å². The van der Waals surface area contributed by atoms with Gasteiger partial charge in [0.05, 0.1) is 37.8 Å². The number of aromatic nitrogens is 1. The average molecular weight is 594 g/mol. The Bertz CT molecular complexity index is 1750. The molecule has 0 amide bonds. The number of hydrogen-bond donors (Lipinski definition) is 0. The Balaban J connectivity index is 1.52. The monoisotopic (exact) mass is 593 g/mol. The fourth-order valence-electron chi connectivity index (χ4n) is 4.92. The van der Waals surface area contributed by atoms with Crippen molar-refractivity contribution in [1.82, 2.24) is 4.57 Å². The van der Waals surface area contributed by atoms with Gasteiger partial charge in [0.2, 0.25) is 0 Å². The lowest BCUT2D eigenvalue weighted by molar-refractivity contribution is -0.139. The Morgan fingerprint density at radius 3 is 2.02 bits per heavy atom. The van der Waals surface area contributed by atoms with Gasteiger partial charge < -0.3 is 28.3 Å². The molecule has 0 aliphatic heterocycles. The number of esters is 2. The maximum atomic E-state index is 13.2. The molecule has 1 aromatic heterocycles. The van der Waals surface area contributed by atoms with E-state index in [1.807, 2.05) is 98.1 Å². The molecule has 4 aromatic carbocycles. The van der Waals surface area contributed by atoms with Crippen LogP contribution in [0.1, 0.15) is 41.0 Å². The van der Waals surface area contributed by atoms with Crippen LogP contribution in [-0.4, -0.2) is 36.8 Å². The van der Waals surface area contributed by atoms with E-state index in [4.69, 9.17) is 23.7 Å². The Hall–Kier alpha value is -5.24. The number of carbonyl (C=O) groups excluding carboxylic acids is 2. The molecule has 0 saturated heterocycles. The largest absolute Gasteiger partial charge is 0.491 e. The zero-order chi connectivity index (χ0) is 31.2. The molecule has 1 heterocycles. The molecule has 8 heteroatoms. The minimum absolute atomic E-state index is 0.0616. The second-order valence-electron chi connectivity index (χ2n) is 10.6. The van der Waals surface area contributed by atoms with Crippen molar-refractivity contribution in [3.63, 3.8) is 0 Å². The summed E-state index contributed by atoms with van der Waals surface area (Å²) in [5.41, 5.74) is 4.40. The van der Waals surface area contributed by atoms with Crippen LogP contribution >= 0.6 is 0 Å². The summed E-state index contributed by atoms with van der Waals surface area (Å²) >= 11 is 0. The van der Waals surface area contributed by atoms with Gasteiger partial charge in [-0.05, 0) is 93.1 Å². The maximum Gasteiger partial charge on any atom is 0.340 e. The molecule has 0 N–H and O–H groups in total. The van der Waals surface area contributed by atoms with Crippen LogP contribution in [0.15, 0.2) is 91.0 Å². The number of rotatable bonds is 11. The highest BCUT2D eigenvalue weighted by Crippen LogP contribution is 2.35. The zero-order valence-electron chi connectivity index (χ0n) is 25.5. The van der Waals surface area contributed by atoms with E-state index >= 15 is 0 Å². The zero-order valence-corrected chi connectivity index (χ0v) is 25.5. The van der Waals surface area contributed by atoms with E-state index in [0.717, 1.165) is 17.0 Å². The van der Waals surface area contributed by atoms with Crippen LogP contribution in [-0.2, 0) is 27.3 Å². The molecule has 44 heavy (non-hydrogen) atoms. The van der Waals surface area contributed by atoms with Gasteiger partial charge in [-0.3, -0.25) is 4.79 Å². The lowest BCUT2D eigenvalue weighted by Crippen LogP contribution is -2.14. The van der Waals surface area contributed by atoms with E-state index in [1.54, 1.807) is 6.07 Å². The summed E-state index contributed by atoms with van der Waals surface area (Å²) in [5, 5.41) is 0.577. The molecule has 0 bridgehead atoms. The van der Waals surface area contributed by atoms with Gasteiger partial charge in [0.1, 0.15) is 29.6 Å². The fraction of sp³-hybridized carbons (Fsp3) is 0.222. The van der Waals surface area contributed by atoms with Gasteiger partial charge in [-0.25, -0.2) is 4.79 Å². The van der Waals surface area contributed by atoms with Crippen molar-refractivity contribution in [2.45, 2.75) is 39.9 Å². The Morgan fingerprint density at radius 1 is 0.750 bits per heavy atom. The van der Waals surface area contributed by atoms with Crippen molar-refractivity contribution in [1.29, 1.82) is 0 Å². The van der Waals surface area contributed by atoms with E-state index in [-0.39, 0.29) is 18.1 Å². The quantitative estimate of drug-likeness (QED) is 0.146. The van der Waals surface area contributed by atoms with Crippen molar-refractivity contribution in [2.75, 3.05) is 14.2 Å². The second kappa shape index (κ2) is 13.4. The summed E-state index contributed by atoms with van der Waals surface area (Å²) in [5.74, 6) is 1.49. The summed E-state index contributed by atoms with van der Waals surface area (Å²) in [6, 6.07) is 28.4. The molecule has 0 saturated carbocycles. The number of hydrogen-bond acceptors (Lipinski definition) is 7. The summed E-state index contributed by atoms with van der Waals surface area (Å²) < 4.78 is 29.9. The molecular formula is C36H35NO7. The summed E-state index contributed by atoms with van der Waals surface area (Å²) in [7, 11) is 2.63. The first-order chi connectivity index (χ1) is 21.2. The molecular weight excluding hydrogens is 558 g/mol. The number of fused-ring (bicyclic) bond motifs is 1. The van der Waals surface area contributed by atoms with E-state index in [9.17, 15) is 9.59 Å². The lowest BCUT2D eigenvalue weighted by atomic mass is 10.1. The van der Waals surface area contributed by atoms with Gasteiger partial charge in [-0.1, -0.05) is 29.8 Å². The van der Waals surface area contributed by atoms with Crippen molar-refractivity contribution >= 4 is 22.8 Å². The number of carbonyl (C=O) groups is 2. The highest BCUT2D eigenvalue weighted by molar-refractivity contribution is 6.07. The first-order valence-electron chi connectivity index (χ1n) is 14.3. The molecule has 0 fully saturated rings. The van der Waals surface area contributed by atoms with E-state index < -0.39 is 11.9 Å². The minimum atomic E-state index is -0.571. The van der Waals surface area contributed by atoms with E-state index in [0.29, 0.717) is 40.5 Å². The normalized spacial score (nSPS) is 11.0. The van der Waals surface area contributed by atoms with Gasteiger partial charge in [-0.2, -0.15) is 0 Å². The van der Waals surface area contributed by atoms with Crippen LogP contribution in [0.5, 0.6) is 23.0 Å². The number of ether oxygens (including phenoxy) is 5. The fourth-order valence-corrected chi connectivity index (χ4v) is 4.92. The maximum absolute atomic E-state index is 13.2. The first kappa shape index (κ1) is 30.2. The van der Waals surface area contributed by atoms with Gasteiger partial charge in [0.15, 0.2) is 0 Å². The third kappa shape index (κ3) is 6.86. The van der Waals surface area contributed by atoms with Crippen LogP contribution in [0.2, 0.25) is 0 Å². The van der Waals surface area contributed by atoms with E-state index in [2.05, 4.69) is 12.1 Å². The Morgan fingerprint density at radius 2 is 1.39 bits per heavy atom. The third-order valence-corrected chi connectivity index (χ3v) is 7.02. The molecule has 0 aliphatic rings. The van der Waals surface area contributed by atoms with Crippen LogP contribution in [0.25, 0.3) is 16.6 Å². The average Bonchev–Trinajstić information content (AvgIpc) is 3.34. The van der Waals surface area contributed by atoms with Crippen LogP contribution in [0.4, 0.5) is 0 Å². The van der Waals surface area contributed by atoms with Gasteiger partial charge in [-0.15, -0.1) is 0 Å². The number of methoxy groups -OCH3 is 2. The predicted molar refractivity (Wildman–Crippen MR) is 168 cm³/mol. The van der Waals surface area contributed by atoms with Crippen molar-refractivity contribution in [2.24, 2.45) is 0 Å². The Labute approximate surface area is 256 Å². The first-order valence-corrected chi connectivity index (χ1v) is 14.3. The highest BCUT2D eigenvalue weighted by Gasteiger charge is 2.26. The van der Waals surface area contributed by atoms with Crippen molar-refractivity contribution in [3.05, 3.63) is 113 Å². The number of nitrogens with zero attached hydrogens (tertiary/aromatic N) is 1. The predicted octanol–water partition coefficient (Wildman–Crippen LogP) is 7.60. The van der Waals surface area contributed by atoms with Crippen LogP contribution < -0.4 is 14.2 Å². The molecule has 0 radical (unpaired) electrons. The summed E-state index contributed by atoms with van der Waals surface area (Å²) in [4.78, 5) is 25.8. The molecule has 0 aliphatic carbocycles. The van der Waals surface area contributed by atoms with Gasteiger partial charge >= 0.3 is 11.9 Å². The van der Waals surface area contributed by atoms with E-state index in [1.165, 1.54) is 19.8 Å². The molecule has 0 unspecified atom stereocenters. The molecule has 0 spiro atoms. The van der Waals surface area contributed by atoms with Crippen LogP contribution in [0, 0.1) is 6.92 Å². The second-order valence-corrected chi connectivity index (χ2v) is 10.6. The summed E-state index contributed by atoms with van der Waals surface area (Å²) in [6.07, 6.45) is -0.0824. The van der Waals surface area contributed by atoms with Gasteiger partial charge in [0, 0.05) is 16.8 Å². The molecule has 0 atom stereocenters. The smallest absolute Gasteiger partial charge is 0.340 e. The molecule has 5 rings (SSSR count). The highest BCUT2D eigenvalue weighted by atomic mass is 16.5. The minimum Gasteiger partial charge on any atom is -0.491 e. The summed E-state index contributed by atoms with van der Waals surface area (Å²) in [6.45, 7) is 6.41. The molecule has 8 nitrogen and oxygen atoms in total. The number of aryl methyl sites for hydroxylation is 1. The lowest BCUT2D eigenvalue weighted by Gasteiger charge is -2.13. The SMILES string of the molecule is COC(=O)Cc1c(C(=O)OC)c2cc(Oc3ccc(OC(C)C)cc3)ccc2n1-c1ccc(OCc2ccc(C)cc2)cc1. The topological polar surface area (TPSA) is 85.2 Å².